The Balaban J connectivity index is 2.25. The van der Waals surface area contributed by atoms with Crippen LogP contribution in [-0.4, -0.2) is 12.0 Å². The summed E-state index contributed by atoms with van der Waals surface area (Å²) in [5.41, 5.74) is 2.17. The van der Waals surface area contributed by atoms with Gasteiger partial charge >= 0.3 is 0 Å². The van der Waals surface area contributed by atoms with E-state index in [4.69, 9.17) is 11.6 Å². The van der Waals surface area contributed by atoms with E-state index < -0.39 is 0 Å². The summed E-state index contributed by atoms with van der Waals surface area (Å²) in [5.74, 6) is 0. The first-order chi connectivity index (χ1) is 8.61. The van der Waals surface area contributed by atoms with Crippen LogP contribution in [0.4, 0.5) is 0 Å². The average Bonchev–Trinajstić information content (AvgIpc) is 2.76. The largest absolute Gasteiger partial charge is 0.313 e. The van der Waals surface area contributed by atoms with Gasteiger partial charge in [0.1, 0.15) is 0 Å². The van der Waals surface area contributed by atoms with Crippen molar-refractivity contribution in [2.45, 2.75) is 19.4 Å². The molecule has 0 saturated carbocycles. The summed E-state index contributed by atoms with van der Waals surface area (Å²) in [4.78, 5) is 4.50. The quantitative estimate of drug-likeness (QED) is 0.890. The van der Waals surface area contributed by atoms with Gasteiger partial charge in [0.2, 0.25) is 0 Å². The molecule has 0 aliphatic rings. The number of hydrogen-bond acceptors (Lipinski definition) is 3. The molecule has 0 bridgehead atoms. The van der Waals surface area contributed by atoms with Crippen molar-refractivity contribution in [3.8, 4) is 0 Å². The molecule has 18 heavy (non-hydrogen) atoms. The molecular weight excluding hydrogens is 332 g/mol. The van der Waals surface area contributed by atoms with E-state index >= 15 is 0 Å². The van der Waals surface area contributed by atoms with Gasteiger partial charge in [-0.3, -0.25) is 0 Å². The standard InChI is InChI=1S/C13H14BrClN2S/c1-8-7-18-12(17-8)6-11(16-2)9-4-3-5-10(14)13(9)15/h3-5,7,11,16H,6H2,1-2H3. The number of aromatic nitrogens is 1. The molecule has 2 aromatic rings. The highest BCUT2D eigenvalue weighted by atomic mass is 79.9. The van der Waals surface area contributed by atoms with Gasteiger partial charge in [0.15, 0.2) is 0 Å². The van der Waals surface area contributed by atoms with Crippen LogP contribution in [-0.2, 0) is 6.42 Å². The van der Waals surface area contributed by atoms with Crippen molar-refractivity contribution in [1.29, 1.82) is 0 Å². The molecular formula is C13H14BrClN2S. The van der Waals surface area contributed by atoms with Gasteiger partial charge in [0.05, 0.1) is 10.0 Å². The fourth-order valence-corrected chi connectivity index (χ4v) is 3.29. The van der Waals surface area contributed by atoms with Gasteiger partial charge in [-0.15, -0.1) is 11.3 Å². The Kier molecular flexibility index (Phi) is 4.78. The van der Waals surface area contributed by atoms with Crippen LogP contribution in [0.5, 0.6) is 0 Å². The smallest absolute Gasteiger partial charge is 0.0947 e. The lowest BCUT2D eigenvalue weighted by molar-refractivity contribution is 0.590. The van der Waals surface area contributed by atoms with Gasteiger partial charge in [0, 0.05) is 28.0 Å². The highest BCUT2D eigenvalue weighted by Crippen LogP contribution is 2.32. The second-order valence-corrected chi connectivity index (χ2v) is 6.25. The fraction of sp³-hybridized carbons (Fsp3) is 0.308. The molecule has 0 saturated heterocycles. The van der Waals surface area contributed by atoms with E-state index in [1.807, 2.05) is 26.1 Å². The maximum Gasteiger partial charge on any atom is 0.0947 e. The van der Waals surface area contributed by atoms with Gasteiger partial charge in [-0.05, 0) is 41.5 Å². The van der Waals surface area contributed by atoms with E-state index in [2.05, 4.69) is 37.7 Å². The van der Waals surface area contributed by atoms with E-state index in [0.29, 0.717) is 0 Å². The molecule has 1 aromatic heterocycles. The predicted molar refractivity (Wildman–Crippen MR) is 81.5 cm³/mol. The first-order valence-corrected chi connectivity index (χ1v) is 7.69. The Morgan fingerprint density at radius 1 is 1.50 bits per heavy atom. The van der Waals surface area contributed by atoms with Crippen molar-refractivity contribution in [3.63, 3.8) is 0 Å². The topological polar surface area (TPSA) is 24.9 Å². The Bertz CT molecular complexity index is 542. The first kappa shape index (κ1) is 14.0. The van der Waals surface area contributed by atoms with Crippen LogP contribution in [0.25, 0.3) is 0 Å². The van der Waals surface area contributed by atoms with Gasteiger partial charge in [-0.1, -0.05) is 23.7 Å². The highest BCUT2D eigenvalue weighted by Gasteiger charge is 2.16. The number of nitrogens with zero attached hydrogens (tertiary/aromatic N) is 1. The number of likely N-dealkylation sites (N-methyl/N-ethyl adjacent to an activating group) is 1. The van der Waals surface area contributed by atoms with Crippen molar-refractivity contribution in [3.05, 3.63) is 49.3 Å². The molecule has 0 spiro atoms. The Morgan fingerprint density at radius 3 is 2.89 bits per heavy atom. The van der Waals surface area contributed by atoms with Crippen LogP contribution in [0.1, 0.15) is 22.3 Å². The molecule has 96 valence electrons. The molecule has 1 unspecified atom stereocenters. The predicted octanol–water partition coefficient (Wildman–Crippen LogP) is 4.37. The summed E-state index contributed by atoms with van der Waals surface area (Å²) in [7, 11) is 1.95. The minimum absolute atomic E-state index is 0.181. The van der Waals surface area contributed by atoms with E-state index in [1.165, 1.54) is 0 Å². The normalized spacial score (nSPS) is 12.7. The molecule has 2 nitrogen and oxygen atoms in total. The Morgan fingerprint density at radius 2 is 2.28 bits per heavy atom. The van der Waals surface area contributed by atoms with Gasteiger partial charge in [-0.2, -0.15) is 0 Å². The number of benzene rings is 1. The number of aryl methyl sites for hydroxylation is 1. The number of hydrogen-bond donors (Lipinski definition) is 1. The van der Waals surface area contributed by atoms with Crippen LogP contribution in [0.15, 0.2) is 28.1 Å². The molecule has 1 heterocycles. The zero-order valence-electron chi connectivity index (χ0n) is 10.2. The SMILES string of the molecule is CNC(Cc1nc(C)cs1)c1cccc(Br)c1Cl. The molecule has 0 aliphatic heterocycles. The monoisotopic (exact) mass is 344 g/mol. The van der Waals surface area contributed by atoms with Crippen LogP contribution >= 0.6 is 38.9 Å². The second kappa shape index (κ2) is 6.15. The minimum Gasteiger partial charge on any atom is -0.313 e. The zero-order valence-corrected chi connectivity index (χ0v) is 13.4. The number of halogens is 2. The maximum absolute atomic E-state index is 6.33. The van der Waals surface area contributed by atoms with E-state index in [9.17, 15) is 0 Å². The summed E-state index contributed by atoms with van der Waals surface area (Å²) in [5, 5.41) is 7.28. The third kappa shape index (κ3) is 3.12. The summed E-state index contributed by atoms with van der Waals surface area (Å²) >= 11 is 11.5. The molecule has 0 fully saturated rings. The summed E-state index contributed by atoms with van der Waals surface area (Å²) in [6.45, 7) is 2.01. The fourth-order valence-electron chi connectivity index (χ4n) is 1.83. The number of nitrogens with one attached hydrogen (secondary N) is 1. The van der Waals surface area contributed by atoms with Crippen molar-refractivity contribution in [1.82, 2.24) is 10.3 Å². The van der Waals surface area contributed by atoms with Crippen molar-refractivity contribution < 1.29 is 0 Å². The van der Waals surface area contributed by atoms with E-state index in [0.717, 1.165) is 32.2 Å². The van der Waals surface area contributed by atoms with Crippen LogP contribution in [0.2, 0.25) is 5.02 Å². The highest BCUT2D eigenvalue weighted by molar-refractivity contribution is 9.10. The van der Waals surface area contributed by atoms with Crippen molar-refractivity contribution in [2.75, 3.05) is 7.05 Å². The summed E-state index contributed by atoms with van der Waals surface area (Å²) < 4.78 is 0.928. The maximum atomic E-state index is 6.33. The van der Waals surface area contributed by atoms with Crippen LogP contribution in [0.3, 0.4) is 0 Å². The molecule has 2 rings (SSSR count). The molecule has 1 atom stereocenters. The molecule has 1 aromatic carbocycles. The lowest BCUT2D eigenvalue weighted by Crippen LogP contribution is -2.19. The van der Waals surface area contributed by atoms with E-state index in [-0.39, 0.29) is 6.04 Å². The summed E-state index contributed by atoms with van der Waals surface area (Å²) in [6, 6.07) is 6.18. The lowest BCUT2D eigenvalue weighted by atomic mass is 10.0. The first-order valence-electron chi connectivity index (χ1n) is 5.64. The Hall–Kier alpha value is -0.420. The third-order valence-corrected chi connectivity index (χ3v) is 5.05. The third-order valence-electron chi connectivity index (χ3n) is 2.75. The van der Waals surface area contributed by atoms with Crippen molar-refractivity contribution in [2.24, 2.45) is 0 Å². The Labute approximate surface area is 125 Å². The summed E-state index contributed by atoms with van der Waals surface area (Å²) in [6.07, 6.45) is 0.852. The lowest BCUT2D eigenvalue weighted by Gasteiger charge is -2.17. The van der Waals surface area contributed by atoms with E-state index in [1.54, 1.807) is 11.3 Å². The van der Waals surface area contributed by atoms with Crippen LogP contribution in [0, 0.1) is 6.92 Å². The average molecular weight is 346 g/mol. The second-order valence-electron chi connectivity index (χ2n) is 4.07. The molecule has 0 amide bonds. The molecule has 5 heteroatoms. The van der Waals surface area contributed by atoms with Crippen LogP contribution < -0.4 is 5.32 Å². The minimum atomic E-state index is 0.181. The number of thiazole rings is 1. The molecule has 0 aliphatic carbocycles. The van der Waals surface area contributed by atoms with Gasteiger partial charge in [-0.25, -0.2) is 4.98 Å². The van der Waals surface area contributed by atoms with Crippen molar-refractivity contribution >= 4 is 38.9 Å². The van der Waals surface area contributed by atoms with Gasteiger partial charge in [0.25, 0.3) is 0 Å². The van der Waals surface area contributed by atoms with Gasteiger partial charge < -0.3 is 5.32 Å². The molecule has 0 radical (unpaired) electrons. The zero-order chi connectivity index (χ0) is 13.1. The molecule has 1 N–H and O–H groups in total. The number of rotatable bonds is 4.